The van der Waals surface area contributed by atoms with Crippen LogP contribution in [0.5, 0.6) is 11.5 Å². The number of fused-ring (bicyclic) bond motifs is 1. The zero-order chi connectivity index (χ0) is 26.2. The van der Waals surface area contributed by atoms with Crippen LogP contribution in [0.25, 0.3) is 11.3 Å². The molecular formula is C31H37N3O3. The largest absolute Gasteiger partial charge is 0.490 e. The fraction of sp³-hybridized carbons (Fsp3) is 0.323. The summed E-state index contributed by atoms with van der Waals surface area (Å²) in [7, 11) is 0. The van der Waals surface area contributed by atoms with Gasteiger partial charge in [0.1, 0.15) is 0 Å². The summed E-state index contributed by atoms with van der Waals surface area (Å²) < 4.78 is 11.6. The van der Waals surface area contributed by atoms with Crippen LogP contribution in [0.4, 0.5) is 11.4 Å². The van der Waals surface area contributed by atoms with E-state index in [2.05, 4.69) is 53.6 Å². The molecule has 3 aromatic rings. The van der Waals surface area contributed by atoms with Crippen LogP contribution in [0, 0.1) is 0 Å². The molecule has 194 valence electrons. The van der Waals surface area contributed by atoms with Gasteiger partial charge in [-0.05, 0) is 62.7 Å². The van der Waals surface area contributed by atoms with E-state index in [-0.39, 0.29) is 5.91 Å². The zero-order valence-electron chi connectivity index (χ0n) is 22.3. The van der Waals surface area contributed by atoms with E-state index in [0.717, 1.165) is 48.6 Å². The molecule has 0 radical (unpaired) electrons. The monoisotopic (exact) mass is 499 g/mol. The van der Waals surface area contributed by atoms with Crippen LogP contribution in [-0.2, 0) is 11.3 Å². The fourth-order valence-electron chi connectivity index (χ4n) is 4.61. The number of rotatable bonds is 12. The van der Waals surface area contributed by atoms with Crippen molar-refractivity contribution in [3.8, 4) is 11.5 Å². The van der Waals surface area contributed by atoms with E-state index >= 15 is 0 Å². The van der Waals surface area contributed by atoms with Crippen LogP contribution >= 0.6 is 0 Å². The third-order valence-electron chi connectivity index (χ3n) is 6.36. The Kier molecular flexibility index (Phi) is 8.86. The Morgan fingerprint density at radius 1 is 0.892 bits per heavy atom. The first kappa shape index (κ1) is 26.3. The van der Waals surface area contributed by atoms with Crippen LogP contribution in [0.2, 0.25) is 0 Å². The summed E-state index contributed by atoms with van der Waals surface area (Å²) in [6, 6.07) is 22.2. The molecule has 6 nitrogen and oxygen atoms in total. The molecule has 0 unspecified atom stereocenters. The van der Waals surface area contributed by atoms with Gasteiger partial charge in [-0.2, -0.15) is 0 Å². The summed E-state index contributed by atoms with van der Waals surface area (Å²) >= 11 is 0. The van der Waals surface area contributed by atoms with Gasteiger partial charge in [0, 0.05) is 23.9 Å². The lowest BCUT2D eigenvalue weighted by atomic mass is 9.99. The fourth-order valence-corrected chi connectivity index (χ4v) is 4.61. The molecule has 4 rings (SSSR count). The summed E-state index contributed by atoms with van der Waals surface area (Å²) in [5.41, 5.74) is 5.95. The first-order chi connectivity index (χ1) is 18.1. The molecule has 3 aromatic carbocycles. The van der Waals surface area contributed by atoms with Crippen molar-refractivity contribution in [2.75, 3.05) is 36.9 Å². The second kappa shape index (κ2) is 12.5. The van der Waals surface area contributed by atoms with Crippen LogP contribution in [0.15, 0.2) is 66.7 Å². The molecule has 0 aromatic heterocycles. The number of ether oxygens (including phenoxy) is 2. The molecule has 0 spiro atoms. The van der Waals surface area contributed by atoms with Crippen LogP contribution in [0.3, 0.4) is 0 Å². The number of nitrogens with zero attached hydrogens (tertiary/aromatic N) is 1. The van der Waals surface area contributed by atoms with Gasteiger partial charge in [0.05, 0.1) is 30.2 Å². The predicted octanol–water partition coefficient (Wildman–Crippen LogP) is 6.65. The Labute approximate surface area is 220 Å². The third kappa shape index (κ3) is 6.15. The van der Waals surface area contributed by atoms with E-state index in [1.54, 1.807) is 0 Å². The Morgan fingerprint density at radius 3 is 2.19 bits per heavy atom. The van der Waals surface area contributed by atoms with Crippen molar-refractivity contribution in [1.82, 2.24) is 4.90 Å². The summed E-state index contributed by atoms with van der Waals surface area (Å²) in [6.45, 7) is 12.3. The van der Waals surface area contributed by atoms with Crippen molar-refractivity contribution >= 4 is 28.6 Å². The van der Waals surface area contributed by atoms with Gasteiger partial charge in [0.25, 0.3) is 5.91 Å². The minimum Gasteiger partial charge on any atom is -0.490 e. The van der Waals surface area contributed by atoms with Crippen molar-refractivity contribution in [2.24, 2.45) is 0 Å². The molecule has 37 heavy (non-hydrogen) atoms. The second-order valence-corrected chi connectivity index (χ2v) is 8.97. The van der Waals surface area contributed by atoms with Crippen LogP contribution < -0.4 is 20.1 Å². The van der Waals surface area contributed by atoms with Crippen molar-refractivity contribution < 1.29 is 14.3 Å². The molecule has 1 aliphatic rings. The SMILES string of the molecule is CCCN(CC)Cc1ccc(NC(=C2C(=O)Nc3cc(OCC)c(OCC)cc32)c2ccccc2)cc1. The summed E-state index contributed by atoms with van der Waals surface area (Å²) in [5.74, 6) is 1.09. The molecule has 0 bridgehead atoms. The van der Waals surface area contributed by atoms with Gasteiger partial charge in [-0.25, -0.2) is 0 Å². The molecule has 0 atom stereocenters. The number of benzene rings is 3. The molecule has 1 amide bonds. The highest BCUT2D eigenvalue weighted by molar-refractivity contribution is 6.37. The van der Waals surface area contributed by atoms with E-state index < -0.39 is 0 Å². The number of carbonyl (C=O) groups excluding carboxylic acids is 1. The first-order valence-electron chi connectivity index (χ1n) is 13.2. The topological polar surface area (TPSA) is 62.8 Å². The van der Waals surface area contributed by atoms with Gasteiger partial charge < -0.3 is 20.1 Å². The number of amides is 1. The van der Waals surface area contributed by atoms with E-state index in [1.807, 2.05) is 56.3 Å². The van der Waals surface area contributed by atoms with Gasteiger partial charge in [-0.3, -0.25) is 9.69 Å². The van der Waals surface area contributed by atoms with E-state index in [0.29, 0.717) is 36.0 Å². The Bertz CT molecular complexity index is 1240. The van der Waals surface area contributed by atoms with Crippen molar-refractivity contribution in [1.29, 1.82) is 0 Å². The summed E-state index contributed by atoms with van der Waals surface area (Å²) in [5, 5.41) is 6.58. The van der Waals surface area contributed by atoms with Gasteiger partial charge in [0.2, 0.25) is 0 Å². The third-order valence-corrected chi connectivity index (χ3v) is 6.36. The minimum absolute atomic E-state index is 0.160. The molecule has 0 saturated heterocycles. The van der Waals surface area contributed by atoms with Crippen molar-refractivity contribution in [2.45, 2.75) is 40.7 Å². The van der Waals surface area contributed by atoms with Gasteiger partial charge in [0.15, 0.2) is 11.5 Å². The maximum Gasteiger partial charge on any atom is 0.258 e. The number of anilines is 2. The Morgan fingerprint density at radius 2 is 1.57 bits per heavy atom. The number of nitrogens with one attached hydrogen (secondary N) is 2. The maximum absolute atomic E-state index is 13.3. The Balaban J connectivity index is 1.74. The average molecular weight is 500 g/mol. The molecule has 0 aliphatic carbocycles. The van der Waals surface area contributed by atoms with Gasteiger partial charge in [-0.15, -0.1) is 0 Å². The predicted molar refractivity (Wildman–Crippen MR) is 152 cm³/mol. The average Bonchev–Trinajstić information content (AvgIpc) is 3.23. The quantitative estimate of drug-likeness (QED) is 0.273. The van der Waals surface area contributed by atoms with Crippen LogP contribution in [-0.4, -0.2) is 37.1 Å². The smallest absolute Gasteiger partial charge is 0.258 e. The Hall–Kier alpha value is -3.77. The zero-order valence-corrected chi connectivity index (χ0v) is 22.3. The minimum atomic E-state index is -0.160. The highest BCUT2D eigenvalue weighted by atomic mass is 16.5. The van der Waals surface area contributed by atoms with Crippen molar-refractivity contribution in [3.05, 3.63) is 83.4 Å². The molecule has 0 saturated carbocycles. The molecule has 2 N–H and O–H groups in total. The van der Waals surface area contributed by atoms with Gasteiger partial charge >= 0.3 is 0 Å². The molecule has 0 fully saturated rings. The van der Waals surface area contributed by atoms with Crippen LogP contribution in [0.1, 0.15) is 50.8 Å². The molecule has 1 aliphatic heterocycles. The highest BCUT2D eigenvalue weighted by Crippen LogP contribution is 2.43. The number of carbonyl (C=O) groups is 1. The van der Waals surface area contributed by atoms with E-state index in [9.17, 15) is 4.79 Å². The summed E-state index contributed by atoms with van der Waals surface area (Å²) in [4.78, 5) is 15.8. The van der Waals surface area contributed by atoms with E-state index in [1.165, 1.54) is 5.56 Å². The summed E-state index contributed by atoms with van der Waals surface area (Å²) in [6.07, 6.45) is 1.14. The standard InChI is InChI=1S/C31H37N3O3/c1-5-18-34(6-2)21-22-14-16-24(17-15-22)32-30(23-12-10-9-11-13-23)29-25-19-27(36-7-3)28(37-8-4)20-26(25)33-31(29)35/h9-17,19-20,32H,5-8,18,21H2,1-4H3,(H,33,35). The maximum atomic E-state index is 13.3. The first-order valence-corrected chi connectivity index (χ1v) is 13.2. The molecule has 1 heterocycles. The number of hydrogen-bond acceptors (Lipinski definition) is 5. The van der Waals surface area contributed by atoms with Gasteiger partial charge in [-0.1, -0.05) is 56.3 Å². The lowest BCUT2D eigenvalue weighted by Gasteiger charge is -2.20. The number of hydrogen-bond donors (Lipinski definition) is 2. The lowest BCUT2D eigenvalue weighted by Crippen LogP contribution is -2.23. The van der Waals surface area contributed by atoms with Crippen molar-refractivity contribution in [3.63, 3.8) is 0 Å². The normalized spacial score (nSPS) is 13.8. The molecule has 6 heteroatoms. The molecular weight excluding hydrogens is 462 g/mol. The second-order valence-electron chi connectivity index (χ2n) is 8.97. The highest BCUT2D eigenvalue weighted by Gasteiger charge is 2.30. The lowest BCUT2D eigenvalue weighted by molar-refractivity contribution is -0.110. The van der Waals surface area contributed by atoms with E-state index in [4.69, 9.17) is 9.47 Å².